The van der Waals surface area contributed by atoms with E-state index in [2.05, 4.69) is 64.1 Å². The van der Waals surface area contributed by atoms with Crippen LogP contribution < -0.4 is 26.0 Å². The second-order valence-corrected chi connectivity index (χ2v) is 9.49. The average Bonchev–Trinajstić information content (AvgIpc) is 3.59. The summed E-state index contributed by atoms with van der Waals surface area (Å²) in [7, 11) is 0. The second-order valence-electron chi connectivity index (χ2n) is 9.49. The molecule has 4 N–H and O–H groups in total. The normalized spacial score (nSPS) is 28.4. The lowest BCUT2D eigenvalue weighted by molar-refractivity contribution is 0.306. The third-order valence-electron chi connectivity index (χ3n) is 7.12. The lowest BCUT2D eigenvalue weighted by atomic mass is 9.92. The van der Waals surface area contributed by atoms with E-state index in [9.17, 15) is 0 Å². The van der Waals surface area contributed by atoms with Crippen molar-refractivity contribution in [3.05, 3.63) is 59.7 Å². The molecule has 31 heavy (non-hydrogen) atoms. The fraction of sp³-hybridized carbons (Fsp3) is 0.538. The zero-order valence-corrected chi connectivity index (χ0v) is 18.4. The van der Waals surface area contributed by atoms with Crippen LogP contribution in [0.1, 0.15) is 49.1 Å². The molecule has 0 bridgehead atoms. The van der Waals surface area contributed by atoms with Gasteiger partial charge in [0.15, 0.2) is 0 Å². The highest BCUT2D eigenvalue weighted by atomic mass is 16.5. The first-order chi connectivity index (χ1) is 15.2. The van der Waals surface area contributed by atoms with Crippen molar-refractivity contribution in [2.24, 2.45) is 5.73 Å². The first kappa shape index (κ1) is 20.8. The van der Waals surface area contributed by atoms with Crippen LogP contribution in [0.3, 0.4) is 0 Å². The van der Waals surface area contributed by atoms with Crippen LogP contribution in [-0.2, 0) is 6.61 Å². The molecule has 3 fully saturated rings. The fourth-order valence-corrected chi connectivity index (χ4v) is 5.08. The first-order valence-electron chi connectivity index (χ1n) is 12.0. The Morgan fingerprint density at radius 2 is 1.77 bits per heavy atom. The highest BCUT2D eigenvalue weighted by molar-refractivity contribution is 5.49. The van der Waals surface area contributed by atoms with E-state index in [4.69, 9.17) is 10.5 Å². The van der Waals surface area contributed by atoms with Crippen molar-refractivity contribution in [2.45, 2.75) is 62.8 Å². The van der Waals surface area contributed by atoms with Crippen molar-refractivity contribution in [1.29, 1.82) is 0 Å². The van der Waals surface area contributed by atoms with Gasteiger partial charge in [-0.2, -0.15) is 0 Å². The van der Waals surface area contributed by atoms with Gasteiger partial charge in [-0.25, -0.2) is 0 Å². The molecule has 2 aromatic rings. The lowest BCUT2D eigenvalue weighted by Crippen LogP contribution is -2.43. The Hall–Kier alpha value is -2.08. The van der Waals surface area contributed by atoms with Crippen LogP contribution in [0.15, 0.2) is 48.5 Å². The molecule has 0 spiro atoms. The highest BCUT2D eigenvalue weighted by Gasteiger charge is 2.39. The van der Waals surface area contributed by atoms with Gasteiger partial charge in [-0.15, -0.1) is 0 Å². The molecule has 0 unspecified atom stereocenters. The lowest BCUT2D eigenvalue weighted by Gasteiger charge is -2.29. The van der Waals surface area contributed by atoms with Crippen molar-refractivity contribution < 1.29 is 4.74 Å². The molecular weight excluding hydrogens is 384 g/mol. The number of hydrogen-bond donors (Lipinski definition) is 3. The van der Waals surface area contributed by atoms with Crippen LogP contribution in [0.2, 0.25) is 0 Å². The molecule has 2 saturated carbocycles. The zero-order chi connectivity index (χ0) is 21.0. The van der Waals surface area contributed by atoms with Gasteiger partial charge in [0, 0.05) is 55.9 Å². The van der Waals surface area contributed by atoms with Crippen molar-refractivity contribution >= 4 is 5.69 Å². The molecule has 1 aliphatic heterocycles. The Bertz CT molecular complexity index is 841. The molecule has 166 valence electrons. The van der Waals surface area contributed by atoms with Crippen LogP contribution in [0.5, 0.6) is 5.75 Å². The minimum atomic E-state index is 0.421. The second kappa shape index (κ2) is 9.60. The van der Waals surface area contributed by atoms with Gasteiger partial charge < -0.3 is 26.0 Å². The summed E-state index contributed by atoms with van der Waals surface area (Å²) in [5, 5.41) is 7.27. The molecule has 2 aromatic carbocycles. The smallest absolute Gasteiger partial charge is 0.119 e. The van der Waals surface area contributed by atoms with E-state index >= 15 is 0 Å². The summed E-state index contributed by atoms with van der Waals surface area (Å²) in [4.78, 5) is 2.44. The van der Waals surface area contributed by atoms with Gasteiger partial charge in [0.2, 0.25) is 0 Å². The summed E-state index contributed by atoms with van der Waals surface area (Å²) in [5.41, 5.74) is 9.98. The van der Waals surface area contributed by atoms with E-state index < -0.39 is 0 Å². The van der Waals surface area contributed by atoms with Crippen molar-refractivity contribution in [2.75, 3.05) is 31.1 Å². The molecule has 0 radical (unpaired) electrons. The Morgan fingerprint density at radius 3 is 2.55 bits per heavy atom. The van der Waals surface area contributed by atoms with E-state index in [1.807, 2.05) is 0 Å². The number of piperazine rings is 1. The molecule has 5 rings (SSSR count). The number of hydrogen-bond acceptors (Lipinski definition) is 5. The van der Waals surface area contributed by atoms with Crippen LogP contribution in [-0.4, -0.2) is 44.3 Å². The number of anilines is 1. The number of nitrogens with zero attached hydrogens (tertiary/aromatic N) is 1. The molecular formula is C26H36N4O. The van der Waals surface area contributed by atoms with Crippen LogP contribution in [0.4, 0.5) is 5.69 Å². The minimum Gasteiger partial charge on any atom is -0.489 e. The van der Waals surface area contributed by atoms with Gasteiger partial charge in [0.1, 0.15) is 12.4 Å². The standard InChI is InChI=1S/C26H36N4O/c27-21-6-8-22(9-7-21)29-26-17-25(26)20-4-10-24(11-5-20)31-18-19-2-1-3-23(16-19)30-14-12-28-13-15-30/h1-5,10-11,16,21-22,25-26,28-29H,6-9,12-15,17-18,27H2/t21?,22?,25-,26+/m0/s1. The summed E-state index contributed by atoms with van der Waals surface area (Å²) >= 11 is 0. The Morgan fingerprint density at radius 1 is 1.00 bits per heavy atom. The molecule has 1 saturated heterocycles. The van der Waals surface area contributed by atoms with Gasteiger partial charge in [0.25, 0.3) is 0 Å². The molecule has 0 amide bonds. The fourth-order valence-electron chi connectivity index (χ4n) is 5.08. The summed E-state index contributed by atoms with van der Waals surface area (Å²) in [6, 6.07) is 19.2. The predicted molar refractivity (Wildman–Crippen MR) is 127 cm³/mol. The largest absolute Gasteiger partial charge is 0.489 e. The molecule has 5 heteroatoms. The predicted octanol–water partition coefficient (Wildman–Crippen LogP) is 3.39. The van der Waals surface area contributed by atoms with Crippen LogP contribution >= 0.6 is 0 Å². The van der Waals surface area contributed by atoms with Gasteiger partial charge in [-0.3, -0.25) is 0 Å². The van der Waals surface area contributed by atoms with E-state index in [-0.39, 0.29) is 0 Å². The Balaban J connectivity index is 1.10. The van der Waals surface area contributed by atoms with E-state index in [0.717, 1.165) is 31.9 Å². The molecule has 2 atom stereocenters. The SMILES string of the molecule is NC1CCC(N[C@@H]2C[C@H]2c2ccc(OCc3cccc(N4CCNCC4)c3)cc2)CC1. The number of benzene rings is 2. The van der Waals surface area contributed by atoms with Crippen molar-refractivity contribution in [3.63, 3.8) is 0 Å². The maximum absolute atomic E-state index is 6.09. The van der Waals surface area contributed by atoms with Gasteiger partial charge in [0.05, 0.1) is 0 Å². The van der Waals surface area contributed by atoms with Gasteiger partial charge >= 0.3 is 0 Å². The molecule has 5 nitrogen and oxygen atoms in total. The summed E-state index contributed by atoms with van der Waals surface area (Å²) in [5.74, 6) is 1.60. The number of ether oxygens (including phenoxy) is 1. The third kappa shape index (κ3) is 5.40. The summed E-state index contributed by atoms with van der Waals surface area (Å²) in [6.07, 6.45) is 6.04. The molecule has 2 aliphatic carbocycles. The quantitative estimate of drug-likeness (QED) is 0.641. The van der Waals surface area contributed by atoms with Crippen LogP contribution in [0, 0.1) is 0 Å². The summed E-state index contributed by atoms with van der Waals surface area (Å²) < 4.78 is 6.09. The van der Waals surface area contributed by atoms with E-state index in [1.165, 1.54) is 48.9 Å². The molecule has 1 heterocycles. The van der Waals surface area contributed by atoms with E-state index in [1.54, 1.807) is 0 Å². The monoisotopic (exact) mass is 420 g/mol. The molecule has 0 aromatic heterocycles. The van der Waals surface area contributed by atoms with Crippen LogP contribution in [0.25, 0.3) is 0 Å². The van der Waals surface area contributed by atoms with E-state index in [0.29, 0.717) is 30.7 Å². The maximum atomic E-state index is 6.09. The number of nitrogens with one attached hydrogen (secondary N) is 2. The topological polar surface area (TPSA) is 62.6 Å². The summed E-state index contributed by atoms with van der Waals surface area (Å²) in [6.45, 7) is 4.85. The highest BCUT2D eigenvalue weighted by Crippen LogP contribution is 2.42. The average molecular weight is 421 g/mol. The number of rotatable bonds is 7. The van der Waals surface area contributed by atoms with Gasteiger partial charge in [-0.1, -0.05) is 24.3 Å². The minimum absolute atomic E-state index is 0.421. The first-order valence-corrected chi connectivity index (χ1v) is 12.0. The maximum Gasteiger partial charge on any atom is 0.119 e. The van der Waals surface area contributed by atoms with Crippen molar-refractivity contribution in [3.8, 4) is 5.75 Å². The zero-order valence-electron chi connectivity index (χ0n) is 18.4. The number of nitrogens with two attached hydrogens (primary N) is 1. The van der Waals surface area contributed by atoms with Crippen molar-refractivity contribution in [1.82, 2.24) is 10.6 Å². The Labute approximate surface area is 186 Å². The van der Waals surface area contributed by atoms with Gasteiger partial charge in [-0.05, 0) is 67.5 Å². The molecule has 3 aliphatic rings. The third-order valence-corrected chi connectivity index (χ3v) is 7.12. The Kier molecular flexibility index (Phi) is 6.44.